The molecule has 0 saturated carbocycles. The highest BCUT2D eigenvalue weighted by atomic mass is 19.1. The Hall–Kier alpha value is -3.58. The van der Waals surface area contributed by atoms with Crippen LogP contribution in [0.25, 0.3) is 28.0 Å². The molecule has 0 saturated heterocycles. The number of esters is 1. The number of ketones is 1. The molecule has 0 aliphatic rings. The number of allylic oxidation sites excluding steroid dienone is 1. The van der Waals surface area contributed by atoms with Crippen molar-refractivity contribution in [2.75, 3.05) is 7.11 Å². The Labute approximate surface area is 190 Å². The van der Waals surface area contributed by atoms with Gasteiger partial charge in [-0.05, 0) is 55.1 Å². The number of aromatic nitrogens is 1. The van der Waals surface area contributed by atoms with Gasteiger partial charge in [-0.2, -0.15) is 0 Å². The van der Waals surface area contributed by atoms with Crippen LogP contribution in [0.1, 0.15) is 38.4 Å². The van der Waals surface area contributed by atoms with Gasteiger partial charge in [0.15, 0.2) is 5.78 Å². The standard InChI is InChI=1S/C26H26FNO5/c1-16(2)28-23(13-12-19(29)14-20(30)15-24(31)33-3)25(17-8-10-18(27)11-9-17)21-6-4-5-7-22(21)26(28)32/h4-13,16,20,30H,14-15H2,1-3H3/b13-12+/t20-/m1/s1. The third-order valence-electron chi connectivity index (χ3n) is 5.30. The van der Waals surface area contributed by atoms with Gasteiger partial charge in [-0.1, -0.05) is 30.3 Å². The van der Waals surface area contributed by atoms with Crippen molar-refractivity contribution in [1.29, 1.82) is 0 Å². The first-order chi connectivity index (χ1) is 15.7. The van der Waals surface area contributed by atoms with E-state index in [1.54, 1.807) is 34.9 Å². The predicted molar refractivity (Wildman–Crippen MR) is 125 cm³/mol. The summed E-state index contributed by atoms with van der Waals surface area (Å²) < 4.78 is 19.7. The molecule has 0 bridgehead atoms. The van der Waals surface area contributed by atoms with Crippen molar-refractivity contribution in [2.45, 2.75) is 38.8 Å². The zero-order valence-corrected chi connectivity index (χ0v) is 18.7. The number of aliphatic hydroxyl groups excluding tert-OH is 1. The first kappa shape index (κ1) is 24.1. The van der Waals surface area contributed by atoms with E-state index in [9.17, 15) is 23.9 Å². The first-order valence-corrected chi connectivity index (χ1v) is 10.6. The lowest BCUT2D eigenvalue weighted by Gasteiger charge is -2.20. The number of aliphatic hydroxyl groups is 1. The Balaban J connectivity index is 2.16. The van der Waals surface area contributed by atoms with E-state index in [2.05, 4.69) is 4.74 Å². The van der Waals surface area contributed by atoms with Gasteiger partial charge in [0.25, 0.3) is 5.56 Å². The van der Waals surface area contributed by atoms with Crippen LogP contribution < -0.4 is 5.56 Å². The normalized spacial score (nSPS) is 12.4. The topological polar surface area (TPSA) is 85.6 Å². The Kier molecular flexibility index (Phi) is 7.55. The summed E-state index contributed by atoms with van der Waals surface area (Å²) in [5.41, 5.74) is 1.68. The maximum absolute atomic E-state index is 13.6. The molecule has 0 unspecified atom stereocenters. The van der Waals surface area contributed by atoms with Crippen LogP contribution in [0.2, 0.25) is 0 Å². The van der Waals surface area contributed by atoms with Crippen LogP contribution in [0, 0.1) is 5.82 Å². The molecule has 0 aliphatic heterocycles. The number of hydrogen-bond acceptors (Lipinski definition) is 5. The molecule has 1 heterocycles. The van der Waals surface area contributed by atoms with Crippen LogP contribution in [-0.4, -0.2) is 34.6 Å². The van der Waals surface area contributed by atoms with E-state index in [-0.39, 0.29) is 30.3 Å². The Morgan fingerprint density at radius 3 is 2.30 bits per heavy atom. The molecular weight excluding hydrogens is 425 g/mol. The lowest BCUT2D eigenvalue weighted by Crippen LogP contribution is -2.25. The van der Waals surface area contributed by atoms with Crippen LogP contribution in [-0.2, 0) is 14.3 Å². The minimum Gasteiger partial charge on any atom is -0.469 e. The van der Waals surface area contributed by atoms with E-state index in [1.807, 2.05) is 26.0 Å². The number of rotatable bonds is 8. The molecule has 33 heavy (non-hydrogen) atoms. The summed E-state index contributed by atoms with van der Waals surface area (Å²) >= 11 is 0. The molecule has 1 N–H and O–H groups in total. The molecule has 3 rings (SSSR count). The number of pyridine rings is 1. The fraction of sp³-hybridized carbons (Fsp3) is 0.269. The smallest absolute Gasteiger partial charge is 0.308 e. The summed E-state index contributed by atoms with van der Waals surface area (Å²) in [6.45, 7) is 3.73. The number of carbonyl (C=O) groups excluding carboxylic acids is 2. The van der Waals surface area contributed by atoms with Gasteiger partial charge >= 0.3 is 5.97 Å². The first-order valence-electron chi connectivity index (χ1n) is 10.6. The fourth-order valence-corrected chi connectivity index (χ4v) is 3.80. The van der Waals surface area contributed by atoms with Crippen molar-refractivity contribution >= 4 is 28.6 Å². The second-order valence-electron chi connectivity index (χ2n) is 8.02. The van der Waals surface area contributed by atoms with E-state index in [0.717, 1.165) is 0 Å². The molecule has 7 heteroatoms. The molecule has 2 aromatic carbocycles. The number of halogens is 1. The van der Waals surface area contributed by atoms with Crippen molar-refractivity contribution in [1.82, 2.24) is 4.57 Å². The van der Waals surface area contributed by atoms with Gasteiger partial charge < -0.3 is 14.4 Å². The Morgan fingerprint density at radius 2 is 1.70 bits per heavy atom. The van der Waals surface area contributed by atoms with Gasteiger partial charge in [-0.3, -0.25) is 14.4 Å². The predicted octanol–water partition coefficient (Wildman–Crippen LogP) is 4.28. The Bertz CT molecular complexity index is 1260. The molecule has 1 atom stereocenters. The number of methoxy groups -OCH3 is 1. The number of hydrogen-bond donors (Lipinski definition) is 1. The number of benzene rings is 2. The highest BCUT2D eigenvalue weighted by molar-refractivity contribution is 6.01. The number of ether oxygens (including phenoxy) is 1. The average Bonchev–Trinajstić information content (AvgIpc) is 2.78. The van der Waals surface area contributed by atoms with Gasteiger partial charge in [0.05, 0.1) is 25.3 Å². The average molecular weight is 451 g/mol. The van der Waals surface area contributed by atoms with Crippen LogP contribution >= 0.6 is 0 Å². The van der Waals surface area contributed by atoms with Crippen molar-refractivity contribution < 1.29 is 23.8 Å². The molecule has 6 nitrogen and oxygen atoms in total. The van der Waals surface area contributed by atoms with Crippen molar-refractivity contribution in [2.24, 2.45) is 0 Å². The maximum atomic E-state index is 13.6. The third-order valence-corrected chi connectivity index (χ3v) is 5.30. The number of nitrogens with zero attached hydrogens (tertiary/aromatic N) is 1. The summed E-state index contributed by atoms with van der Waals surface area (Å²) in [5, 5.41) is 11.2. The summed E-state index contributed by atoms with van der Waals surface area (Å²) in [5.74, 6) is -1.40. The van der Waals surface area contributed by atoms with Crippen molar-refractivity contribution in [3.05, 3.63) is 76.5 Å². The zero-order valence-electron chi connectivity index (χ0n) is 18.7. The zero-order chi connectivity index (χ0) is 24.1. The molecule has 0 spiro atoms. The van der Waals surface area contributed by atoms with E-state index < -0.39 is 17.9 Å². The summed E-state index contributed by atoms with van der Waals surface area (Å²) in [6.07, 6.45) is 1.10. The molecule has 172 valence electrons. The van der Waals surface area contributed by atoms with Crippen LogP contribution in [0.4, 0.5) is 4.39 Å². The molecule has 0 aliphatic carbocycles. The van der Waals surface area contributed by atoms with Crippen molar-refractivity contribution in [3.8, 4) is 11.1 Å². The SMILES string of the molecule is COC(=O)C[C@H](O)CC(=O)/C=C/c1c(-c2ccc(F)cc2)c2ccccc2c(=O)n1C(C)C. The van der Waals surface area contributed by atoms with Gasteiger partial charge in [-0.25, -0.2) is 4.39 Å². The highest BCUT2D eigenvalue weighted by Gasteiger charge is 2.19. The van der Waals surface area contributed by atoms with Crippen LogP contribution in [0.15, 0.2) is 59.4 Å². The van der Waals surface area contributed by atoms with Crippen LogP contribution in [0.3, 0.4) is 0 Å². The van der Waals surface area contributed by atoms with Gasteiger partial charge in [0, 0.05) is 23.4 Å². The van der Waals surface area contributed by atoms with Gasteiger partial charge in [0.1, 0.15) is 5.82 Å². The fourth-order valence-electron chi connectivity index (χ4n) is 3.80. The minimum absolute atomic E-state index is 0.204. The van der Waals surface area contributed by atoms with Gasteiger partial charge in [0.2, 0.25) is 0 Å². The highest BCUT2D eigenvalue weighted by Crippen LogP contribution is 2.33. The molecule has 1 aromatic heterocycles. The summed E-state index contributed by atoms with van der Waals surface area (Å²) in [6, 6.07) is 12.9. The molecular formula is C26H26FNO5. The summed E-state index contributed by atoms with van der Waals surface area (Å²) in [7, 11) is 1.21. The third kappa shape index (κ3) is 5.43. The van der Waals surface area contributed by atoms with Gasteiger partial charge in [-0.15, -0.1) is 0 Å². The lowest BCUT2D eigenvalue weighted by molar-refractivity contribution is -0.143. The number of carbonyl (C=O) groups is 2. The second kappa shape index (κ2) is 10.4. The van der Waals surface area contributed by atoms with Crippen LogP contribution in [0.5, 0.6) is 0 Å². The maximum Gasteiger partial charge on any atom is 0.308 e. The quantitative estimate of drug-likeness (QED) is 0.408. The van der Waals surface area contributed by atoms with Crippen molar-refractivity contribution in [3.63, 3.8) is 0 Å². The molecule has 3 aromatic rings. The van der Waals surface area contributed by atoms with E-state index >= 15 is 0 Å². The molecule has 0 radical (unpaired) electrons. The summed E-state index contributed by atoms with van der Waals surface area (Å²) in [4.78, 5) is 37.1. The Morgan fingerprint density at radius 1 is 1.06 bits per heavy atom. The van der Waals surface area contributed by atoms with E-state index in [1.165, 1.54) is 25.3 Å². The monoisotopic (exact) mass is 451 g/mol. The lowest BCUT2D eigenvalue weighted by atomic mass is 9.95. The number of fused-ring (bicyclic) bond motifs is 1. The molecule has 0 fully saturated rings. The second-order valence-corrected chi connectivity index (χ2v) is 8.02. The minimum atomic E-state index is -1.17. The largest absolute Gasteiger partial charge is 0.469 e. The molecule has 0 amide bonds. The van der Waals surface area contributed by atoms with E-state index in [4.69, 9.17) is 0 Å². The van der Waals surface area contributed by atoms with E-state index in [0.29, 0.717) is 27.6 Å².